The van der Waals surface area contributed by atoms with Crippen molar-refractivity contribution < 1.29 is 9.53 Å². The molecule has 0 spiro atoms. The highest BCUT2D eigenvalue weighted by Gasteiger charge is 2.22. The molecule has 1 aromatic heterocycles. The number of rotatable bonds is 6. The van der Waals surface area contributed by atoms with Gasteiger partial charge in [-0.15, -0.1) is 0 Å². The minimum absolute atomic E-state index is 0.0736. The van der Waals surface area contributed by atoms with Crippen LogP contribution in [-0.4, -0.2) is 50.9 Å². The summed E-state index contributed by atoms with van der Waals surface area (Å²) >= 11 is 0. The van der Waals surface area contributed by atoms with Crippen LogP contribution in [0, 0.1) is 0 Å². The third kappa shape index (κ3) is 5.11. The van der Waals surface area contributed by atoms with Gasteiger partial charge < -0.3 is 10.1 Å². The average Bonchev–Trinajstić information content (AvgIpc) is 3.27. The van der Waals surface area contributed by atoms with Gasteiger partial charge in [0.05, 0.1) is 17.9 Å². The monoisotopic (exact) mass is 405 g/mol. The first-order chi connectivity index (χ1) is 14.6. The van der Waals surface area contributed by atoms with Crippen LogP contribution in [0.2, 0.25) is 0 Å². The lowest BCUT2D eigenvalue weighted by atomic mass is 10.1. The summed E-state index contributed by atoms with van der Waals surface area (Å²) in [7, 11) is 0. The third-order valence-electron chi connectivity index (χ3n) is 5.19. The summed E-state index contributed by atoms with van der Waals surface area (Å²) in [5.74, 6) is -0.0736. The molecule has 0 bridgehead atoms. The van der Waals surface area contributed by atoms with Crippen molar-refractivity contribution in [2.45, 2.75) is 39.1 Å². The molecule has 0 saturated carbocycles. The van der Waals surface area contributed by atoms with Crippen molar-refractivity contribution in [3.8, 4) is 5.69 Å². The van der Waals surface area contributed by atoms with Crippen molar-refractivity contribution in [3.05, 3.63) is 77.9 Å². The zero-order valence-electron chi connectivity index (χ0n) is 17.4. The van der Waals surface area contributed by atoms with Gasteiger partial charge in [0.2, 0.25) is 0 Å². The van der Waals surface area contributed by atoms with Crippen LogP contribution < -0.4 is 5.32 Å². The summed E-state index contributed by atoms with van der Waals surface area (Å²) in [6.45, 7) is 7.43. The second kappa shape index (κ2) is 9.19. The number of aromatic nitrogens is 3. The van der Waals surface area contributed by atoms with Crippen LogP contribution in [0.4, 0.5) is 0 Å². The number of amides is 1. The second-order valence-corrected chi connectivity index (χ2v) is 7.84. The fourth-order valence-electron chi connectivity index (χ4n) is 3.83. The Balaban J connectivity index is 1.29. The van der Waals surface area contributed by atoms with Gasteiger partial charge >= 0.3 is 0 Å². The highest BCUT2D eigenvalue weighted by molar-refractivity contribution is 5.94. The van der Waals surface area contributed by atoms with E-state index in [4.69, 9.17) is 4.74 Å². The molecule has 7 nitrogen and oxygen atoms in total. The van der Waals surface area contributed by atoms with Crippen molar-refractivity contribution >= 4 is 5.91 Å². The molecule has 1 fully saturated rings. The molecule has 1 amide bonds. The number of benzene rings is 2. The summed E-state index contributed by atoms with van der Waals surface area (Å²) in [5, 5.41) is 7.09. The topological polar surface area (TPSA) is 72.3 Å². The molecule has 1 aliphatic heterocycles. The Hall–Kier alpha value is -3.03. The van der Waals surface area contributed by atoms with E-state index in [9.17, 15) is 4.79 Å². The summed E-state index contributed by atoms with van der Waals surface area (Å²) in [6, 6.07) is 15.7. The Labute approximate surface area is 176 Å². The van der Waals surface area contributed by atoms with E-state index in [1.165, 1.54) is 11.9 Å². The molecule has 156 valence electrons. The average molecular weight is 406 g/mol. The third-order valence-corrected chi connectivity index (χ3v) is 5.19. The quantitative estimate of drug-likeness (QED) is 0.683. The maximum absolute atomic E-state index is 12.5. The number of nitrogens with zero attached hydrogens (tertiary/aromatic N) is 4. The second-order valence-electron chi connectivity index (χ2n) is 7.84. The van der Waals surface area contributed by atoms with Gasteiger partial charge in [-0.1, -0.05) is 24.3 Å². The SMILES string of the molecule is CC1CN(Cc2ccc(C(=O)NCc3ccc(-n4cncn4)cc3)cc2)CC(C)O1. The van der Waals surface area contributed by atoms with Crippen LogP contribution in [0.5, 0.6) is 0 Å². The van der Waals surface area contributed by atoms with Crippen LogP contribution in [0.25, 0.3) is 5.69 Å². The van der Waals surface area contributed by atoms with E-state index in [0.29, 0.717) is 12.1 Å². The fourth-order valence-corrected chi connectivity index (χ4v) is 3.83. The number of ether oxygens (including phenoxy) is 1. The van der Waals surface area contributed by atoms with Crippen molar-refractivity contribution in [1.29, 1.82) is 0 Å². The summed E-state index contributed by atoms with van der Waals surface area (Å²) in [4.78, 5) is 18.8. The Kier molecular flexibility index (Phi) is 6.21. The highest BCUT2D eigenvalue weighted by atomic mass is 16.5. The largest absolute Gasteiger partial charge is 0.373 e. The fraction of sp³-hybridized carbons (Fsp3) is 0.348. The van der Waals surface area contributed by atoms with E-state index >= 15 is 0 Å². The standard InChI is InChI=1S/C23H27N5O2/c1-17-12-27(13-18(2)30-17)14-20-3-7-21(8-4-20)23(29)25-11-19-5-9-22(10-6-19)28-16-24-15-26-28/h3-10,15-18H,11-14H2,1-2H3,(H,25,29). The zero-order chi connectivity index (χ0) is 20.9. The van der Waals surface area contributed by atoms with E-state index in [2.05, 4.69) is 34.1 Å². The van der Waals surface area contributed by atoms with Crippen molar-refractivity contribution in [2.75, 3.05) is 13.1 Å². The Morgan fingerprint density at radius 2 is 1.70 bits per heavy atom. The lowest BCUT2D eigenvalue weighted by molar-refractivity contribution is -0.0704. The van der Waals surface area contributed by atoms with Crippen LogP contribution in [0.1, 0.15) is 35.3 Å². The Bertz CT molecular complexity index is 944. The molecule has 3 aromatic rings. The van der Waals surface area contributed by atoms with E-state index in [-0.39, 0.29) is 18.1 Å². The van der Waals surface area contributed by atoms with E-state index < -0.39 is 0 Å². The first kappa shape index (κ1) is 20.3. The lowest BCUT2D eigenvalue weighted by Crippen LogP contribution is -2.44. The van der Waals surface area contributed by atoms with Crippen molar-refractivity contribution in [3.63, 3.8) is 0 Å². The number of carbonyl (C=O) groups is 1. The van der Waals surface area contributed by atoms with E-state index in [0.717, 1.165) is 30.9 Å². The number of carbonyl (C=O) groups excluding carboxylic acids is 1. The molecule has 2 atom stereocenters. The number of nitrogens with one attached hydrogen (secondary N) is 1. The van der Waals surface area contributed by atoms with Gasteiger partial charge in [0.15, 0.2) is 0 Å². The molecule has 2 heterocycles. The molecule has 1 aliphatic rings. The maximum Gasteiger partial charge on any atom is 0.251 e. The molecule has 0 radical (unpaired) electrons. The minimum Gasteiger partial charge on any atom is -0.373 e. The molecule has 30 heavy (non-hydrogen) atoms. The molecule has 7 heteroatoms. The van der Waals surface area contributed by atoms with Gasteiger partial charge in [0, 0.05) is 31.7 Å². The van der Waals surface area contributed by atoms with Gasteiger partial charge in [0.25, 0.3) is 5.91 Å². The molecule has 4 rings (SSSR count). The lowest BCUT2D eigenvalue weighted by Gasteiger charge is -2.35. The maximum atomic E-state index is 12.5. The van der Waals surface area contributed by atoms with Crippen molar-refractivity contribution in [1.82, 2.24) is 25.0 Å². The van der Waals surface area contributed by atoms with Gasteiger partial charge in [-0.05, 0) is 49.2 Å². The zero-order valence-corrected chi connectivity index (χ0v) is 17.4. The molecule has 1 N–H and O–H groups in total. The van der Waals surface area contributed by atoms with Crippen LogP contribution >= 0.6 is 0 Å². The van der Waals surface area contributed by atoms with Crippen LogP contribution in [0.15, 0.2) is 61.2 Å². The predicted molar refractivity (Wildman–Crippen MR) is 114 cm³/mol. The van der Waals surface area contributed by atoms with Crippen LogP contribution in [0.3, 0.4) is 0 Å². The Morgan fingerprint density at radius 3 is 2.33 bits per heavy atom. The van der Waals surface area contributed by atoms with Gasteiger partial charge in [-0.2, -0.15) is 5.10 Å². The van der Waals surface area contributed by atoms with Gasteiger partial charge in [0.1, 0.15) is 12.7 Å². The Morgan fingerprint density at radius 1 is 1.03 bits per heavy atom. The predicted octanol–water partition coefficient (Wildman–Crippen LogP) is 2.81. The number of hydrogen-bond acceptors (Lipinski definition) is 5. The van der Waals surface area contributed by atoms with Gasteiger partial charge in [-0.25, -0.2) is 9.67 Å². The highest BCUT2D eigenvalue weighted by Crippen LogP contribution is 2.15. The number of hydrogen-bond donors (Lipinski definition) is 1. The molecule has 2 unspecified atom stereocenters. The first-order valence-electron chi connectivity index (χ1n) is 10.3. The molecule has 0 aliphatic carbocycles. The minimum atomic E-state index is -0.0736. The molecule has 1 saturated heterocycles. The van der Waals surface area contributed by atoms with E-state index in [1.807, 2.05) is 48.5 Å². The molecular formula is C23H27N5O2. The number of morpholine rings is 1. The summed E-state index contributed by atoms with van der Waals surface area (Å²) in [5.41, 5.74) is 3.83. The normalized spacial score (nSPS) is 19.5. The van der Waals surface area contributed by atoms with Crippen molar-refractivity contribution in [2.24, 2.45) is 0 Å². The summed E-state index contributed by atoms with van der Waals surface area (Å²) < 4.78 is 7.49. The smallest absolute Gasteiger partial charge is 0.251 e. The van der Waals surface area contributed by atoms with Crippen LogP contribution in [-0.2, 0) is 17.8 Å². The van der Waals surface area contributed by atoms with Gasteiger partial charge in [-0.3, -0.25) is 9.69 Å². The first-order valence-corrected chi connectivity index (χ1v) is 10.3. The molecular weight excluding hydrogens is 378 g/mol. The summed E-state index contributed by atoms with van der Waals surface area (Å²) in [6.07, 6.45) is 3.66. The molecule has 2 aromatic carbocycles. The van der Waals surface area contributed by atoms with E-state index in [1.54, 1.807) is 11.0 Å².